The SMILES string of the molecule is Cc1cccc(C2=NN(C(=O)CN3CCC(C)CC3)[C@@H](c3ccccc3F)C2)c1. The third-order valence-corrected chi connectivity index (χ3v) is 6.02. The molecule has 1 fully saturated rings. The second kappa shape index (κ2) is 8.46. The van der Waals surface area contributed by atoms with Crippen LogP contribution in [-0.4, -0.2) is 41.2 Å². The van der Waals surface area contributed by atoms with Crippen LogP contribution in [0.25, 0.3) is 0 Å². The molecule has 0 bridgehead atoms. The van der Waals surface area contributed by atoms with Gasteiger partial charge in [-0.2, -0.15) is 5.10 Å². The fourth-order valence-electron chi connectivity index (χ4n) is 4.21. The fraction of sp³-hybridized carbons (Fsp3) is 0.417. The van der Waals surface area contributed by atoms with Crippen LogP contribution in [0.15, 0.2) is 53.6 Å². The Morgan fingerprint density at radius 3 is 2.62 bits per heavy atom. The summed E-state index contributed by atoms with van der Waals surface area (Å²) in [5, 5.41) is 6.21. The van der Waals surface area contributed by atoms with E-state index >= 15 is 0 Å². The molecule has 0 unspecified atom stereocenters. The summed E-state index contributed by atoms with van der Waals surface area (Å²) in [6, 6.07) is 14.4. The number of carbonyl (C=O) groups is 1. The summed E-state index contributed by atoms with van der Waals surface area (Å²) in [7, 11) is 0. The lowest BCUT2D eigenvalue weighted by atomic mass is 9.97. The van der Waals surface area contributed by atoms with Crippen molar-refractivity contribution < 1.29 is 9.18 Å². The molecule has 0 saturated carbocycles. The predicted molar refractivity (Wildman–Crippen MR) is 113 cm³/mol. The van der Waals surface area contributed by atoms with Crippen molar-refractivity contribution in [3.05, 3.63) is 71.0 Å². The highest BCUT2D eigenvalue weighted by Gasteiger charge is 2.35. The third kappa shape index (κ3) is 4.40. The predicted octanol–water partition coefficient (Wildman–Crippen LogP) is 4.54. The van der Waals surface area contributed by atoms with Crippen molar-refractivity contribution in [3.63, 3.8) is 0 Å². The number of rotatable bonds is 4. The van der Waals surface area contributed by atoms with Gasteiger partial charge in [-0.1, -0.05) is 55.0 Å². The largest absolute Gasteiger partial charge is 0.294 e. The van der Waals surface area contributed by atoms with Crippen LogP contribution in [0.3, 0.4) is 0 Å². The first-order valence-corrected chi connectivity index (χ1v) is 10.4. The number of piperidine rings is 1. The molecule has 0 spiro atoms. The van der Waals surface area contributed by atoms with Crippen molar-refractivity contribution in [2.75, 3.05) is 19.6 Å². The molecule has 2 aliphatic heterocycles. The first-order chi connectivity index (χ1) is 14.0. The number of hydrogen-bond donors (Lipinski definition) is 0. The van der Waals surface area contributed by atoms with E-state index in [1.165, 1.54) is 11.1 Å². The number of nitrogens with zero attached hydrogens (tertiary/aromatic N) is 3. The Bertz CT molecular complexity index is 918. The zero-order valence-electron chi connectivity index (χ0n) is 17.1. The van der Waals surface area contributed by atoms with Crippen molar-refractivity contribution in [1.82, 2.24) is 9.91 Å². The Kier molecular flexibility index (Phi) is 5.76. The van der Waals surface area contributed by atoms with E-state index in [1.54, 1.807) is 12.1 Å². The van der Waals surface area contributed by atoms with Crippen molar-refractivity contribution in [3.8, 4) is 0 Å². The molecule has 2 heterocycles. The van der Waals surface area contributed by atoms with E-state index in [4.69, 9.17) is 0 Å². The minimum atomic E-state index is -0.400. The summed E-state index contributed by atoms with van der Waals surface area (Å²) in [6.45, 7) is 6.49. The van der Waals surface area contributed by atoms with Gasteiger partial charge in [0, 0.05) is 12.0 Å². The fourth-order valence-corrected chi connectivity index (χ4v) is 4.21. The van der Waals surface area contributed by atoms with Crippen molar-refractivity contribution >= 4 is 11.6 Å². The van der Waals surface area contributed by atoms with Crippen LogP contribution in [0.5, 0.6) is 0 Å². The van der Waals surface area contributed by atoms with Crippen LogP contribution in [0.1, 0.15) is 48.9 Å². The van der Waals surface area contributed by atoms with Gasteiger partial charge in [0.25, 0.3) is 5.91 Å². The highest BCUT2D eigenvalue weighted by Crippen LogP contribution is 2.34. The summed E-state index contributed by atoms with van der Waals surface area (Å²) >= 11 is 0. The number of halogens is 1. The van der Waals surface area contributed by atoms with Gasteiger partial charge in [0.05, 0.1) is 18.3 Å². The van der Waals surface area contributed by atoms with E-state index in [0.717, 1.165) is 42.8 Å². The lowest BCUT2D eigenvalue weighted by Gasteiger charge is -2.31. The minimum absolute atomic E-state index is 0.0598. The molecule has 2 aromatic carbocycles. The van der Waals surface area contributed by atoms with Crippen LogP contribution in [0.2, 0.25) is 0 Å². The Hall–Kier alpha value is -2.53. The van der Waals surface area contributed by atoms with Crippen molar-refractivity contribution in [2.24, 2.45) is 11.0 Å². The van der Waals surface area contributed by atoms with Gasteiger partial charge in [0.15, 0.2) is 0 Å². The number of carbonyl (C=O) groups excluding carboxylic acids is 1. The van der Waals surface area contributed by atoms with Gasteiger partial charge >= 0.3 is 0 Å². The Balaban J connectivity index is 1.60. The molecule has 0 aromatic heterocycles. The molecule has 1 atom stereocenters. The second-order valence-electron chi connectivity index (χ2n) is 8.35. The molecule has 29 heavy (non-hydrogen) atoms. The molecule has 152 valence electrons. The van der Waals surface area contributed by atoms with Gasteiger partial charge in [-0.25, -0.2) is 9.40 Å². The molecule has 2 aromatic rings. The summed E-state index contributed by atoms with van der Waals surface area (Å²) in [4.78, 5) is 15.4. The molecule has 2 aliphatic rings. The van der Waals surface area contributed by atoms with Gasteiger partial charge in [-0.3, -0.25) is 9.69 Å². The van der Waals surface area contributed by atoms with Gasteiger partial charge in [0.2, 0.25) is 0 Å². The molecular weight excluding hydrogens is 365 g/mol. The third-order valence-electron chi connectivity index (χ3n) is 6.02. The smallest absolute Gasteiger partial charge is 0.257 e. The average Bonchev–Trinajstić information content (AvgIpc) is 3.15. The monoisotopic (exact) mass is 393 g/mol. The molecule has 1 saturated heterocycles. The van der Waals surface area contributed by atoms with Crippen LogP contribution < -0.4 is 0 Å². The topological polar surface area (TPSA) is 35.9 Å². The second-order valence-corrected chi connectivity index (χ2v) is 8.35. The minimum Gasteiger partial charge on any atom is -0.294 e. The molecular formula is C24H28FN3O. The molecule has 0 N–H and O–H groups in total. The standard InChI is InChI=1S/C24H28FN3O/c1-17-10-12-27(13-11-17)16-24(29)28-23(20-8-3-4-9-21(20)25)15-22(26-28)19-7-5-6-18(2)14-19/h3-9,14,17,23H,10-13,15-16H2,1-2H3/t23-/m1/s1. The normalized spacial score (nSPS) is 20.7. The maximum Gasteiger partial charge on any atom is 0.257 e. The molecule has 1 amide bonds. The number of benzene rings is 2. The first kappa shape index (κ1) is 19.8. The first-order valence-electron chi connectivity index (χ1n) is 10.4. The van der Waals surface area contributed by atoms with Gasteiger partial charge in [-0.15, -0.1) is 0 Å². The highest BCUT2D eigenvalue weighted by molar-refractivity contribution is 6.03. The molecule has 0 aliphatic carbocycles. The molecule has 0 radical (unpaired) electrons. The number of amides is 1. The quantitative estimate of drug-likeness (QED) is 0.764. The van der Waals surface area contributed by atoms with Crippen LogP contribution >= 0.6 is 0 Å². The Labute approximate surface area is 172 Å². The van der Waals surface area contributed by atoms with Crippen LogP contribution in [-0.2, 0) is 4.79 Å². The molecule has 4 nitrogen and oxygen atoms in total. The Morgan fingerprint density at radius 2 is 1.90 bits per heavy atom. The lowest BCUT2D eigenvalue weighted by molar-refractivity contribution is -0.134. The van der Waals surface area contributed by atoms with E-state index < -0.39 is 6.04 Å². The highest BCUT2D eigenvalue weighted by atomic mass is 19.1. The van der Waals surface area contributed by atoms with E-state index in [-0.39, 0.29) is 11.7 Å². The van der Waals surface area contributed by atoms with E-state index in [9.17, 15) is 9.18 Å². The van der Waals surface area contributed by atoms with Gasteiger partial charge in [-0.05, 0) is 50.4 Å². The zero-order valence-corrected chi connectivity index (χ0v) is 17.1. The number of aryl methyl sites for hydroxylation is 1. The maximum absolute atomic E-state index is 14.6. The summed E-state index contributed by atoms with van der Waals surface area (Å²) < 4.78 is 14.6. The van der Waals surface area contributed by atoms with Gasteiger partial charge in [0.1, 0.15) is 5.82 Å². The van der Waals surface area contributed by atoms with Gasteiger partial charge < -0.3 is 0 Å². The van der Waals surface area contributed by atoms with E-state index in [1.807, 2.05) is 31.2 Å². The van der Waals surface area contributed by atoms with Crippen LogP contribution in [0, 0.1) is 18.7 Å². The summed E-state index contributed by atoms with van der Waals surface area (Å²) in [6.07, 6.45) is 2.75. The number of hydrogen-bond acceptors (Lipinski definition) is 3. The molecule has 4 rings (SSSR count). The maximum atomic E-state index is 14.6. The summed E-state index contributed by atoms with van der Waals surface area (Å²) in [5.41, 5.74) is 3.50. The van der Waals surface area contributed by atoms with E-state index in [2.05, 4.69) is 23.0 Å². The van der Waals surface area contributed by atoms with Crippen LogP contribution in [0.4, 0.5) is 4.39 Å². The van der Waals surface area contributed by atoms with Crippen molar-refractivity contribution in [1.29, 1.82) is 0 Å². The lowest BCUT2D eigenvalue weighted by Crippen LogP contribution is -2.41. The summed E-state index contributed by atoms with van der Waals surface area (Å²) in [5.74, 6) is 0.364. The van der Waals surface area contributed by atoms with Crippen molar-refractivity contribution in [2.45, 2.75) is 39.2 Å². The Morgan fingerprint density at radius 1 is 1.14 bits per heavy atom. The van der Waals surface area contributed by atoms with E-state index in [0.29, 0.717) is 24.4 Å². The average molecular weight is 394 g/mol. The number of hydrazone groups is 1. The number of likely N-dealkylation sites (tertiary alicyclic amines) is 1. The molecule has 5 heteroatoms. The zero-order chi connectivity index (χ0) is 20.4.